The van der Waals surface area contributed by atoms with Gasteiger partial charge in [-0.2, -0.15) is 0 Å². The van der Waals surface area contributed by atoms with E-state index in [4.69, 9.17) is 5.73 Å². The van der Waals surface area contributed by atoms with E-state index in [9.17, 15) is 8.42 Å². The zero-order valence-corrected chi connectivity index (χ0v) is 12.3. The maximum atomic E-state index is 12.4. The molecule has 0 aliphatic heterocycles. The van der Waals surface area contributed by atoms with Gasteiger partial charge in [-0.05, 0) is 31.9 Å². The Labute approximate surface area is 110 Å². The molecule has 0 heterocycles. The molecule has 1 unspecified atom stereocenters. The fraction of sp³-hybridized carbons (Fsp3) is 0.538. The van der Waals surface area contributed by atoms with Crippen LogP contribution >= 0.6 is 0 Å². The summed E-state index contributed by atoms with van der Waals surface area (Å²) in [5.74, 6) is 0. The van der Waals surface area contributed by atoms with E-state index < -0.39 is 15.3 Å². The zero-order chi connectivity index (χ0) is 13.9. The van der Waals surface area contributed by atoms with Gasteiger partial charge in [0.2, 0.25) is 10.0 Å². The number of benzene rings is 1. The molecule has 102 valence electrons. The molecule has 5 heteroatoms. The van der Waals surface area contributed by atoms with Gasteiger partial charge in [-0.3, -0.25) is 4.31 Å². The van der Waals surface area contributed by atoms with Gasteiger partial charge in [-0.25, -0.2) is 8.42 Å². The molecule has 1 rings (SSSR count). The summed E-state index contributed by atoms with van der Waals surface area (Å²) in [6.07, 6.45) is 0.522. The van der Waals surface area contributed by atoms with Crippen LogP contribution in [0.5, 0.6) is 0 Å². The summed E-state index contributed by atoms with van der Waals surface area (Å²) < 4.78 is 26.1. The molecule has 0 saturated heterocycles. The predicted octanol–water partition coefficient (Wildman–Crippen LogP) is 1.81. The molecule has 1 atom stereocenters. The first-order valence-corrected chi connectivity index (χ1v) is 7.60. The lowest BCUT2D eigenvalue weighted by Crippen LogP contribution is -2.40. The molecular formula is C13H22N2O2S. The molecule has 0 aliphatic carbocycles. The van der Waals surface area contributed by atoms with Crippen molar-refractivity contribution in [3.8, 4) is 0 Å². The molecule has 0 bridgehead atoms. The van der Waals surface area contributed by atoms with Crippen LogP contribution in [0.4, 0.5) is 5.69 Å². The van der Waals surface area contributed by atoms with Gasteiger partial charge in [0.15, 0.2) is 0 Å². The molecule has 0 aromatic heterocycles. The second-order valence-electron chi connectivity index (χ2n) is 4.57. The van der Waals surface area contributed by atoms with Gasteiger partial charge in [0.1, 0.15) is 0 Å². The summed E-state index contributed by atoms with van der Waals surface area (Å²) in [5.41, 5.74) is 8.33. The van der Waals surface area contributed by atoms with Crippen LogP contribution in [0.2, 0.25) is 0 Å². The van der Waals surface area contributed by atoms with Crippen LogP contribution in [0.3, 0.4) is 0 Å². The highest BCUT2D eigenvalue weighted by molar-refractivity contribution is 7.93. The van der Waals surface area contributed by atoms with Gasteiger partial charge in [0.05, 0.1) is 10.9 Å². The summed E-state index contributed by atoms with van der Waals surface area (Å²) in [6.45, 7) is 5.89. The van der Waals surface area contributed by atoms with Crippen molar-refractivity contribution in [1.82, 2.24) is 0 Å². The highest BCUT2D eigenvalue weighted by Gasteiger charge is 2.28. The molecule has 1 aromatic rings. The van der Waals surface area contributed by atoms with Gasteiger partial charge in [0.25, 0.3) is 0 Å². The third-order valence-electron chi connectivity index (χ3n) is 3.21. The quantitative estimate of drug-likeness (QED) is 0.887. The lowest BCUT2D eigenvalue weighted by atomic mass is 10.1. The largest absolute Gasteiger partial charge is 0.329 e. The maximum Gasteiger partial charge on any atom is 0.239 e. The number of rotatable bonds is 5. The van der Waals surface area contributed by atoms with Crippen LogP contribution < -0.4 is 10.0 Å². The normalized spacial score (nSPS) is 13.4. The van der Waals surface area contributed by atoms with Crippen molar-refractivity contribution in [2.24, 2.45) is 5.73 Å². The Morgan fingerprint density at radius 3 is 2.39 bits per heavy atom. The minimum Gasteiger partial charge on any atom is -0.329 e. The summed E-state index contributed by atoms with van der Waals surface area (Å²) in [5, 5.41) is -0.525. The summed E-state index contributed by atoms with van der Waals surface area (Å²) >= 11 is 0. The molecule has 0 saturated carbocycles. The smallest absolute Gasteiger partial charge is 0.239 e. The fourth-order valence-corrected chi connectivity index (χ4v) is 3.61. The Kier molecular flexibility index (Phi) is 4.76. The van der Waals surface area contributed by atoms with Gasteiger partial charge in [-0.15, -0.1) is 0 Å². The summed E-state index contributed by atoms with van der Waals surface area (Å²) in [7, 11) is -1.79. The van der Waals surface area contributed by atoms with Crippen molar-refractivity contribution in [2.45, 2.75) is 32.4 Å². The first kappa shape index (κ1) is 15.0. The maximum absolute atomic E-state index is 12.4. The van der Waals surface area contributed by atoms with E-state index in [-0.39, 0.29) is 6.54 Å². The Hall–Kier alpha value is -1.07. The second-order valence-corrected chi connectivity index (χ2v) is 6.81. The average molecular weight is 270 g/mol. The molecule has 0 aliphatic rings. The predicted molar refractivity (Wildman–Crippen MR) is 76.4 cm³/mol. The minimum atomic E-state index is -3.38. The van der Waals surface area contributed by atoms with Gasteiger partial charge in [0, 0.05) is 13.6 Å². The van der Waals surface area contributed by atoms with Crippen molar-refractivity contribution < 1.29 is 8.42 Å². The lowest BCUT2D eigenvalue weighted by molar-refractivity contribution is 0.574. The molecule has 0 amide bonds. The highest BCUT2D eigenvalue weighted by Crippen LogP contribution is 2.24. The van der Waals surface area contributed by atoms with Gasteiger partial charge < -0.3 is 5.73 Å². The number of sulfonamides is 1. The zero-order valence-electron chi connectivity index (χ0n) is 11.5. The van der Waals surface area contributed by atoms with Crippen molar-refractivity contribution in [1.29, 1.82) is 0 Å². The number of nitrogens with zero attached hydrogens (tertiary/aromatic N) is 1. The van der Waals surface area contributed by atoms with Crippen LogP contribution in [-0.2, 0) is 10.0 Å². The molecule has 0 spiro atoms. The number of nitrogens with two attached hydrogens (primary N) is 1. The van der Waals surface area contributed by atoms with Crippen molar-refractivity contribution in [2.75, 3.05) is 17.9 Å². The van der Waals surface area contributed by atoms with E-state index in [0.29, 0.717) is 12.1 Å². The first-order chi connectivity index (χ1) is 8.34. The molecule has 18 heavy (non-hydrogen) atoms. The minimum absolute atomic E-state index is 0.147. The first-order valence-electron chi connectivity index (χ1n) is 6.09. The van der Waals surface area contributed by atoms with Crippen molar-refractivity contribution >= 4 is 15.7 Å². The monoisotopic (exact) mass is 270 g/mol. The van der Waals surface area contributed by atoms with E-state index in [1.165, 1.54) is 4.31 Å². The lowest BCUT2D eigenvalue weighted by Gasteiger charge is -2.26. The standard InChI is InChI=1S/C13H22N2O2S/c1-5-12(9-14)18(16,17)15(4)13-7-6-10(2)8-11(13)3/h6-8,12H,5,9,14H2,1-4H3. The molecule has 0 fully saturated rings. The summed E-state index contributed by atoms with van der Waals surface area (Å²) in [4.78, 5) is 0. The van der Waals surface area contributed by atoms with Crippen molar-refractivity contribution in [3.63, 3.8) is 0 Å². The third kappa shape index (κ3) is 2.84. The van der Waals surface area contributed by atoms with E-state index in [1.54, 1.807) is 7.05 Å². The number of anilines is 1. The van der Waals surface area contributed by atoms with E-state index in [2.05, 4.69) is 0 Å². The molecule has 0 radical (unpaired) electrons. The Balaban J connectivity index is 3.17. The van der Waals surface area contributed by atoms with Gasteiger partial charge in [-0.1, -0.05) is 24.6 Å². The Morgan fingerprint density at radius 2 is 1.94 bits per heavy atom. The Bertz CT molecular complexity index is 508. The van der Waals surface area contributed by atoms with E-state index in [1.807, 2.05) is 39.0 Å². The molecule has 4 nitrogen and oxygen atoms in total. The number of hydrogen-bond acceptors (Lipinski definition) is 3. The molecular weight excluding hydrogens is 248 g/mol. The van der Waals surface area contributed by atoms with Gasteiger partial charge >= 0.3 is 0 Å². The van der Waals surface area contributed by atoms with E-state index >= 15 is 0 Å². The Morgan fingerprint density at radius 1 is 1.33 bits per heavy atom. The molecule has 2 N–H and O–H groups in total. The fourth-order valence-electron chi connectivity index (χ4n) is 2.02. The van der Waals surface area contributed by atoms with E-state index in [0.717, 1.165) is 11.1 Å². The molecule has 1 aromatic carbocycles. The van der Waals surface area contributed by atoms with Crippen LogP contribution in [-0.4, -0.2) is 27.3 Å². The van der Waals surface area contributed by atoms with Crippen molar-refractivity contribution in [3.05, 3.63) is 29.3 Å². The third-order valence-corrected chi connectivity index (χ3v) is 5.54. The van der Waals surface area contributed by atoms with Crippen LogP contribution in [0, 0.1) is 13.8 Å². The highest BCUT2D eigenvalue weighted by atomic mass is 32.2. The average Bonchev–Trinajstić information content (AvgIpc) is 2.29. The second kappa shape index (κ2) is 5.71. The van der Waals surface area contributed by atoms with Crippen LogP contribution in [0.15, 0.2) is 18.2 Å². The van der Waals surface area contributed by atoms with Crippen LogP contribution in [0.25, 0.3) is 0 Å². The topological polar surface area (TPSA) is 63.4 Å². The van der Waals surface area contributed by atoms with Crippen LogP contribution in [0.1, 0.15) is 24.5 Å². The number of aryl methyl sites for hydroxylation is 2. The number of hydrogen-bond donors (Lipinski definition) is 1. The summed E-state index contributed by atoms with van der Waals surface area (Å²) in [6, 6.07) is 5.73. The SMILES string of the molecule is CCC(CN)S(=O)(=O)N(C)c1ccc(C)cc1C.